The number of hydrogen-bond acceptors (Lipinski definition) is 4. The van der Waals surface area contributed by atoms with Crippen LogP contribution in [0.25, 0.3) is 0 Å². The van der Waals surface area contributed by atoms with Gasteiger partial charge < -0.3 is 15.5 Å². The van der Waals surface area contributed by atoms with Gasteiger partial charge in [0.25, 0.3) is 0 Å². The summed E-state index contributed by atoms with van der Waals surface area (Å²) in [4.78, 5) is 25.1. The van der Waals surface area contributed by atoms with E-state index >= 15 is 0 Å². The molecule has 20 heavy (non-hydrogen) atoms. The number of hydrogen-bond donors (Lipinski definition) is 2. The van der Waals surface area contributed by atoms with Crippen molar-refractivity contribution in [2.75, 3.05) is 31.5 Å². The molecule has 2 aliphatic rings. The molecule has 0 saturated carbocycles. The number of nitrogens with one attached hydrogen (secondary N) is 2. The summed E-state index contributed by atoms with van der Waals surface area (Å²) < 4.78 is 1.29. The van der Waals surface area contributed by atoms with Crippen molar-refractivity contribution in [1.29, 1.82) is 0 Å². The fourth-order valence-electron chi connectivity index (χ4n) is 2.84. The largest absolute Gasteiger partial charge is 0.344 e. The third kappa shape index (κ3) is 2.40. The lowest BCUT2D eigenvalue weighted by molar-refractivity contribution is -0.114. The van der Waals surface area contributed by atoms with Gasteiger partial charge in [-0.15, -0.1) is 0 Å². The third-order valence-corrected chi connectivity index (χ3v) is 4.19. The highest BCUT2D eigenvalue weighted by atomic mass is 16.2. The van der Waals surface area contributed by atoms with Crippen LogP contribution in [0.2, 0.25) is 0 Å². The van der Waals surface area contributed by atoms with Crippen LogP contribution in [0.3, 0.4) is 0 Å². The lowest BCUT2D eigenvalue weighted by atomic mass is 9.73. The molecule has 7 nitrogen and oxygen atoms in total. The topological polar surface area (TPSA) is 79.3 Å². The Kier molecular flexibility index (Phi) is 3.21. The maximum Gasteiger partial charge on any atom is 0.344 e. The van der Waals surface area contributed by atoms with Crippen molar-refractivity contribution in [2.24, 2.45) is 5.41 Å². The lowest BCUT2D eigenvalue weighted by Gasteiger charge is -2.48. The Balaban J connectivity index is 1.61. The van der Waals surface area contributed by atoms with E-state index in [9.17, 15) is 9.59 Å². The van der Waals surface area contributed by atoms with Crippen LogP contribution in [0.5, 0.6) is 0 Å². The Morgan fingerprint density at radius 1 is 1.35 bits per heavy atom. The fraction of sp³-hybridized carbons (Fsp3) is 0.615. The summed E-state index contributed by atoms with van der Waals surface area (Å²) in [7, 11) is 0. The molecule has 2 saturated heterocycles. The Hall–Kier alpha value is -1.89. The van der Waals surface area contributed by atoms with Gasteiger partial charge in [0.05, 0.1) is 18.1 Å². The second-order valence-corrected chi connectivity index (χ2v) is 5.73. The zero-order valence-corrected chi connectivity index (χ0v) is 11.6. The van der Waals surface area contributed by atoms with E-state index in [4.69, 9.17) is 0 Å². The monoisotopic (exact) mass is 277 g/mol. The summed E-state index contributed by atoms with van der Waals surface area (Å²) >= 11 is 0. The molecule has 0 atom stereocenters. The molecular formula is C13H19N5O2. The molecule has 2 fully saturated rings. The van der Waals surface area contributed by atoms with Crippen molar-refractivity contribution in [3.8, 4) is 0 Å². The molecule has 0 aromatic carbocycles. The number of piperidine rings is 1. The minimum atomic E-state index is -0.172. The van der Waals surface area contributed by atoms with E-state index in [2.05, 4.69) is 15.7 Å². The van der Waals surface area contributed by atoms with Gasteiger partial charge in [-0.3, -0.25) is 4.79 Å². The summed E-state index contributed by atoms with van der Waals surface area (Å²) in [5.41, 5.74) is 0.963. The van der Waals surface area contributed by atoms with Gasteiger partial charge in [-0.25, -0.2) is 4.79 Å². The van der Waals surface area contributed by atoms with Crippen molar-refractivity contribution in [3.63, 3.8) is 0 Å². The second-order valence-electron chi connectivity index (χ2n) is 5.73. The van der Waals surface area contributed by atoms with E-state index in [0.29, 0.717) is 11.1 Å². The molecule has 2 amide bonds. The van der Waals surface area contributed by atoms with Gasteiger partial charge in [0.1, 0.15) is 0 Å². The van der Waals surface area contributed by atoms with Gasteiger partial charge in [0.15, 0.2) is 0 Å². The van der Waals surface area contributed by atoms with Crippen LogP contribution in [0.4, 0.5) is 10.5 Å². The van der Waals surface area contributed by atoms with Crippen LogP contribution < -0.4 is 10.6 Å². The predicted octanol–water partition coefficient (Wildman–Crippen LogP) is 0.495. The molecule has 1 aromatic rings. The number of aromatic nitrogens is 2. The van der Waals surface area contributed by atoms with E-state index in [1.807, 2.05) is 4.90 Å². The van der Waals surface area contributed by atoms with Crippen molar-refractivity contribution < 1.29 is 9.59 Å². The van der Waals surface area contributed by atoms with Gasteiger partial charge in [-0.1, -0.05) is 0 Å². The highest BCUT2D eigenvalue weighted by Crippen LogP contribution is 2.35. The average molecular weight is 277 g/mol. The van der Waals surface area contributed by atoms with Crippen molar-refractivity contribution in [2.45, 2.75) is 19.8 Å². The van der Waals surface area contributed by atoms with Crippen LogP contribution >= 0.6 is 0 Å². The summed E-state index contributed by atoms with van der Waals surface area (Å²) in [5, 5.41) is 9.93. The zero-order chi connectivity index (χ0) is 14.2. The zero-order valence-electron chi connectivity index (χ0n) is 11.6. The molecule has 0 bridgehead atoms. The maximum atomic E-state index is 12.3. The minimum Gasteiger partial charge on any atom is -0.324 e. The van der Waals surface area contributed by atoms with Crippen LogP contribution in [-0.4, -0.2) is 52.8 Å². The Labute approximate surface area is 117 Å². The van der Waals surface area contributed by atoms with E-state index in [0.717, 1.165) is 39.0 Å². The molecule has 0 radical (unpaired) electrons. The highest BCUT2D eigenvalue weighted by molar-refractivity contribution is 5.88. The number of carbonyl (C=O) groups is 2. The summed E-state index contributed by atoms with van der Waals surface area (Å²) in [6.45, 7) is 5.12. The first kappa shape index (κ1) is 13.1. The van der Waals surface area contributed by atoms with Gasteiger partial charge in [-0.2, -0.15) is 9.78 Å². The molecule has 1 aromatic heterocycles. The lowest BCUT2D eigenvalue weighted by Crippen LogP contribution is -2.59. The van der Waals surface area contributed by atoms with Gasteiger partial charge in [0, 0.05) is 33.1 Å². The predicted molar refractivity (Wildman–Crippen MR) is 73.4 cm³/mol. The van der Waals surface area contributed by atoms with Crippen molar-refractivity contribution in [3.05, 3.63) is 12.4 Å². The normalized spacial score (nSPS) is 20.6. The number of anilines is 1. The Bertz CT molecular complexity index is 525. The van der Waals surface area contributed by atoms with Crippen LogP contribution in [0, 0.1) is 5.41 Å². The minimum absolute atomic E-state index is 0.122. The summed E-state index contributed by atoms with van der Waals surface area (Å²) in [5.74, 6) is -0.172. The number of nitrogens with zero attached hydrogens (tertiary/aromatic N) is 3. The standard InChI is InChI=1S/C13H19N5O2/c1-10(19)16-11-6-15-18(7-11)12(20)17-4-2-13(3-5-17)8-14-9-13/h6-7,14H,2-5,8-9H2,1H3,(H,16,19). The van der Waals surface area contributed by atoms with E-state index in [1.165, 1.54) is 17.8 Å². The second kappa shape index (κ2) is 4.90. The molecule has 108 valence electrons. The van der Waals surface area contributed by atoms with Crippen LogP contribution in [0.15, 0.2) is 12.4 Å². The molecule has 3 rings (SSSR count). The molecule has 0 unspecified atom stereocenters. The van der Waals surface area contributed by atoms with E-state index < -0.39 is 0 Å². The molecule has 7 heteroatoms. The van der Waals surface area contributed by atoms with Crippen LogP contribution in [-0.2, 0) is 4.79 Å². The van der Waals surface area contributed by atoms with Crippen molar-refractivity contribution in [1.82, 2.24) is 20.0 Å². The fourth-order valence-corrected chi connectivity index (χ4v) is 2.84. The molecule has 3 heterocycles. The van der Waals surface area contributed by atoms with Gasteiger partial charge in [0.2, 0.25) is 5.91 Å². The Morgan fingerprint density at radius 3 is 2.60 bits per heavy atom. The van der Waals surface area contributed by atoms with Gasteiger partial charge in [-0.05, 0) is 18.3 Å². The molecular weight excluding hydrogens is 258 g/mol. The molecule has 1 spiro atoms. The third-order valence-electron chi connectivity index (χ3n) is 4.19. The first-order valence-electron chi connectivity index (χ1n) is 6.90. The average Bonchev–Trinajstić information content (AvgIpc) is 2.84. The highest BCUT2D eigenvalue weighted by Gasteiger charge is 2.40. The molecule has 2 aliphatic heterocycles. The van der Waals surface area contributed by atoms with E-state index in [-0.39, 0.29) is 11.9 Å². The first-order valence-corrected chi connectivity index (χ1v) is 6.90. The first-order chi connectivity index (χ1) is 9.58. The molecule has 2 N–H and O–H groups in total. The van der Waals surface area contributed by atoms with Crippen LogP contribution in [0.1, 0.15) is 19.8 Å². The number of rotatable bonds is 1. The quantitative estimate of drug-likeness (QED) is 0.783. The number of likely N-dealkylation sites (tertiary alicyclic amines) is 1. The van der Waals surface area contributed by atoms with Crippen molar-refractivity contribution >= 4 is 17.6 Å². The maximum absolute atomic E-state index is 12.3. The smallest absolute Gasteiger partial charge is 0.324 e. The molecule has 0 aliphatic carbocycles. The van der Waals surface area contributed by atoms with Gasteiger partial charge >= 0.3 is 6.03 Å². The Morgan fingerprint density at radius 2 is 2.05 bits per heavy atom. The summed E-state index contributed by atoms with van der Waals surface area (Å²) in [6.07, 6.45) is 5.14. The number of carbonyl (C=O) groups excluding carboxylic acids is 2. The van der Waals surface area contributed by atoms with E-state index in [1.54, 1.807) is 6.20 Å². The SMILES string of the molecule is CC(=O)Nc1cnn(C(=O)N2CCC3(CC2)CNC3)c1. The summed E-state index contributed by atoms with van der Waals surface area (Å²) in [6, 6.07) is -0.122. The number of amides is 2.